The van der Waals surface area contributed by atoms with Gasteiger partial charge in [0.15, 0.2) is 11.6 Å². The Morgan fingerprint density at radius 3 is 2.30 bits per heavy atom. The molecule has 4 nitrogen and oxygen atoms in total. The van der Waals surface area contributed by atoms with Crippen molar-refractivity contribution in [3.8, 4) is 0 Å². The predicted octanol–water partition coefficient (Wildman–Crippen LogP) is 2.20. The topological polar surface area (TPSA) is 54.5 Å². The number of ketones is 2. The van der Waals surface area contributed by atoms with Gasteiger partial charge in [-0.15, -0.1) is 0 Å². The van der Waals surface area contributed by atoms with Crippen molar-refractivity contribution in [1.82, 2.24) is 4.90 Å². The van der Waals surface area contributed by atoms with Gasteiger partial charge in [-0.25, -0.2) is 0 Å². The minimum Gasteiger partial charge on any atom is -0.323 e. The molecule has 1 aromatic rings. The second-order valence-corrected chi connectivity index (χ2v) is 6.45. The fourth-order valence-corrected chi connectivity index (χ4v) is 4.23. The number of β-lactam (4-membered cyclic amide) rings is 1. The molecule has 1 saturated heterocycles. The van der Waals surface area contributed by atoms with E-state index >= 15 is 0 Å². The Labute approximate surface area is 134 Å². The van der Waals surface area contributed by atoms with E-state index in [9.17, 15) is 14.4 Å². The van der Waals surface area contributed by atoms with Crippen LogP contribution in [0.15, 0.2) is 54.6 Å². The highest BCUT2D eigenvalue weighted by Crippen LogP contribution is 2.58. The molecule has 4 rings (SSSR count). The molecule has 1 aliphatic heterocycles. The first-order chi connectivity index (χ1) is 11.1. The van der Waals surface area contributed by atoms with E-state index in [1.165, 1.54) is 12.2 Å². The Balaban J connectivity index is 1.77. The number of hydrogen-bond donors (Lipinski definition) is 0. The molecule has 1 amide bonds. The molecule has 2 spiro atoms. The van der Waals surface area contributed by atoms with Crippen LogP contribution in [-0.4, -0.2) is 27.9 Å². The van der Waals surface area contributed by atoms with Crippen molar-refractivity contribution in [1.29, 1.82) is 0 Å². The number of amides is 1. The van der Waals surface area contributed by atoms with Crippen molar-refractivity contribution in [3.05, 3.63) is 60.2 Å². The van der Waals surface area contributed by atoms with Crippen LogP contribution in [0.5, 0.6) is 0 Å². The van der Waals surface area contributed by atoms with E-state index in [-0.39, 0.29) is 17.5 Å². The molecule has 0 unspecified atom stereocenters. The zero-order valence-electron chi connectivity index (χ0n) is 12.7. The Bertz CT molecular complexity index is 746. The van der Waals surface area contributed by atoms with Crippen LogP contribution in [0, 0.1) is 5.41 Å². The van der Waals surface area contributed by atoms with Crippen LogP contribution in [-0.2, 0) is 20.9 Å². The molecule has 1 heterocycles. The molecule has 1 saturated carbocycles. The highest BCUT2D eigenvalue weighted by molar-refractivity contribution is 6.16. The fourth-order valence-electron chi connectivity index (χ4n) is 4.23. The van der Waals surface area contributed by atoms with Crippen LogP contribution in [0.25, 0.3) is 0 Å². The number of benzene rings is 1. The van der Waals surface area contributed by atoms with Gasteiger partial charge in [-0.2, -0.15) is 0 Å². The van der Waals surface area contributed by atoms with Crippen LogP contribution < -0.4 is 0 Å². The number of likely N-dealkylation sites (tertiary alicyclic amines) is 1. The molecular formula is C19H17NO3. The average molecular weight is 307 g/mol. The smallest absolute Gasteiger partial charge is 0.240 e. The molecule has 1 aromatic carbocycles. The largest absolute Gasteiger partial charge is 0.323 e. The quantitative estimate of drug-likeness (QED) is 0.622. The molecule has 0 aromatic heterocycles. The highest BCUT2D eigenvalue weighted by atomic mass is 16.2. The van der Waals surface area contributed by atoms with Gasteiger partial charge in [-0.05, 0) is 42.7 Å². The van der Waals surface area contributed by atoms with Crippen LogP contribution in [0.1, 0.15) is 24.8 Å². The minimum absolute atomic E-state index is 0.00969. The van der Waals surface area contributed by atoms with Crippen LogP contribution in [0.4, 0.5) is 0 Å². The van der Waals surface area contributed by atoms with E-state index in [0.717, 1.165) is 12.0 Å². The van der Waals surface area contributed by atoms with Gasteiger partial charge >= 0.3 is 0 Å². The molecular weight excluding hydrogens is 290 g/mol. The highest BCUT2D eigenvalue weighted by Gasteiger charge is 2.73. The normalized spacial score (nSPS) is 28.0. The summed E-state index contributed by atoms with van der Waals surface area (Å²) < 4.78 is 0. The number of fused-ring (bicyclic) bond motifs is 1. The van der Waals surface area contributed by atoms with Crippen molar-refractivity contribution in [3.63, 3.8) is 0 Å². The predicted molar refractivity (Wildman–Crippen MR) is 84.3 cm³/mol. The Morgan fingerprint density at radius 1 is 1.00 bits per heavy atom. The van der Waals surface area contributed by atoms with E-state index in [0.29, 0.717) is 19.4 Å². The third-order valence-electron chi connectivity index (χ3n) is 5.36. The molecule has 116 valence electrons. The van der Waals surface area contributed by atoms with E-state index in [1.54, 1.807) is 17.1 Å². The van der Waals surface area contributed by atoms with Gasteiger partial charge < -0.3 is 4.90 Å². The molecule has 1 atom stereocenters. The SMILES string of the molecule is O=C1C=CC2(C=C1)N(Cc1ccccc1)C(=O)[C@@]21CCCC1=O. The fraction of sp³-hybridized carbons (Fsp3) is 0.316. The second kappa shape index (κ2) is 4.75. The van der Waals surface area contributed by atoms with Gasteiger partial charge in [-0.3, -0.25) is 14.4 Å². The van der Waals surface area contributed by atoms with Crippen LogP contribution in [0.3, 0.4) is 0 Å². The second-order valence-electron chi connectivity index (χ2n) is 6.45. The summed E-state index contributed by atoms with van der Waals surface area (Å²) in [6, 6.07) is 9.71. The first-order valence-corrected chi connectivity index (χ1v) is 7.92. The summed E-state index contributed by atoms with van der Waals surface area (Å²) in [6.07, 6.45) is 8.23. The van der Waals surface area contributed by atoms with Gasteiger partial charge in [0.1, 0.15) is 11.0 Å². The summed E-state index contributed by atoms with van der Waals surface area (Å²) in [6.45, 7) is 0.442. The number of hydrogen-bond acceptors (Lipinski definition) is 3. The van der Waals surface area contributed by atoms with Crippen molar-refractivity contribution in [2.45, 2.75) is 31.3 Å². The maximum absolute atomic E-state index is 12.9. The Hall–Kier alpha value is -2.49. The third-order valence-corrected chi connectivity index (χ3v) is 5.36. The molecule has 0 radical (unpaired) electrons. The summed E-state index contributed by atoms with van der Waals surface area (Å²) in [5.41, 5.74) is -0.754. The zero-order chi connectivity index (χ0) is 16.1. The number of carbonyl (C=O) groups excluding carboxylic acids is 3. The zero-order valence-corrected chi connectivity index (χ0v) is 12.7. The summed E-state index contributed by atoms with van der Waals surface area (Å²) in [4.78, 5) is 38.7. The molecule has 0 N–H and O–H groups in total. The van der Waals surface area contributed by atoms with Crippen molar-refractivity contribution in [2.75, 3.05) is 0 Å². The van der Waals surface area contributed by atoms with E-state index in [2.05, 4.69) is 0 Å². The minimum atomic E-state index is -0.991. The van der Waals surface area contributed by atoms with Gasteiger partial charge in [0.05, 0.1) is 0 Å². The lowest BCUT2D eigenvalue weighted by Gasteiger charge is -2.61. The van der Waals surface area contributed by atoms with Gasteiger partial charge in [0.2, 0.25) is 5.91 Å². The summed E-state index contributed by atoms with van der Waals surface area (Å²) in [5, 5.41) is 0. The lowest BCUT2D eigenvalue weighted by molar-refractivity contribution is -0.182. The summed E-state index contributed by atoms with van der Waals surface area (Å²) in [5.74, 6) is -0.196. The number of allylic oxidation sites excluding steroid dienone is 2. The third kappa shape index (κ3) is 1.69. The standard InChI is InChI=1S/C19H17NO3/c21-15-8-11-18(12-9-15)19(10-4-7-16(19)22)17(23)20(18)13-14-5-2-1-3-6-14/h1-3,5-6,8-9,11-12H,4,7,10,13H2/t19-/m0/s1. The van der Waals surface area contributed by atoms with Crippen molar-refractivity contribution < 1.29 is 14.4 Å². The van der Waals surface area contributed by atoms with Crippen molar-refractivity contribution >= 4 is 17.5 Å². The van der Waals surface area contributed by atoms with Crippen LogP contribution in [0.2, 0.25) is 0 Å². The lowest BCUT2D eigenvalue weighted by Crippen LogP contribution is -2.77. The van der Waals surface area contributed by atoms with Gasteiger partial charge in [-0.1, -0.05) is 30.3 Å². The molecule has 0 bridgehead atoms. The molecule has 4 heteroatoms. The number of rotatable bonds is 2. The summed E-state index contributed by atoms with van der Waals surface area (Å²) >= 11 is 0. The van der Waals surface area contributed by atoms with E-state index < -0.39 is 11.0 Å². The lowest BCUT2D eigenvalue weighted by atomic mass is 9.57. The summed E-state index contributed by atoms with van der Waals surface area (Å²) in [7, 11) is 0. The number of Topliss-reactive ketones (excluding diaryl/α,β-unsaturated/α-hetero) is 1. The Kier molecular flexibility index (Phi) is 2.92. The Morgan fingerprint density at radius 2 is 1.70 bits per heavy atom. The van der Waals surface area contributed by atoms with Gasteiger partial charge in [0, 0.05) is 13.0 Å². The van der Waals surface area contributed by atoms with Crippen LogP contribution >= 0.6 is 0 Å². The monoisotopic (exact) mass is 307 g/mol. The first-order valence-electron chi connectivity index (χ1n) is 7.92. The van der Waals surface area contributed by atoms with Crippen molar-refractivity contribution in [2.24, 2.45) is 5.41 Å². The molecule has 2 fully saturated rings. The average Bonchev–Trinajstić information content (AvgIpc) is 2.98. The van der Waals surface area contributed by atoms with E-state index in [4.69, 9.17) is 0 Å². The number of nitrogens with zero attached hydrogens (tertiary/aromatic N) is 1. The number of carbonyl (C=O) groups is 3. The molecule has 3 aliphatic rings. The maximum atomic E-state index is 12.9. The maximum Gasteiger partial charge on any atom is 0.240 e. The van der Waals surface area contributed by atoms with E-state index in [1.807, 2.05) is 30.3 Å². The first kappa shape index (κ1) is 14.1. The molecule has 2 aliphatic carbocycles. The molecule has 23 heavy (non-hydrogen) atoms. The van der Waals surface area contributed by atoms with Gasteiger partial charge in [0.25, 0.3) is 0 Å².